The zero-order valence-corrected chi connectivity index (χ0v) is 13.2. The van der Waals surface area contributed by atoms with Crippen LogP contribution in [0.3, 0.4) is 0 Å². The Labute approximate surface area is 122 Å². The first-order chi connectivity index (χ1) is 9.40. The molecule has 2 nitrogen and oxygen atoms in total. The number of nitrogens with one attached hydrogen (secondary N) is 1. The summed E-state index contributed by atoms with van der Waals surface area (Å²) in [5.74, 6) is 0.522. The maximum absolute atomic E-state index is 14.4. The number of anilines is 1. The lowest BCUT2D eigenvalue weighted by Crippen LogP contribution is -2.38. The van der Waals surface area contributed by atoms with Crippen molar-refractivity contribution in [2.24, 2.45) is 5.92 Å². The molecule has 1 fully saturated rings. The highest BCUT2D eigenvalue weighted by atomic mass is 19.1. The van der Waals surface area contributed by atoms with Crippen LogP contribution in [0.1, 0.15) is 46.1 Å². The first kappa shape index (κ1) is 15.3. The van der Waals surface area contributed by atoms with Gasteiger partial charge in [0.05, 0.1) is 5.69 Å². The minimum Gasteiger partial charge on any atom is -0.364 e. The monoisotopic (exact) mass is 278 g/mol. The predicted molar refractivity (Wildman–Crippen MR) is 83.6 cm³/mol. The molecule has 2 rings (SSSR count). The molecule has 0 radical (unpaired) electrons. The number of hydrogen-bond donors (Lipinski definition) is 1. The third-order valence-electron chi connectivity index (χ3n) is 4.09. The summed E-state index contributed by atoms with van der Waals surface area (Å²) in [5.41, 5.74) is 1.84. The summed E-state index contributed by atoms with van der Waals surface area (Å²) >= 11 is 0. The van der Waals surface area contributed by atoms with Crippen molar-refractivity contribution < 1.29 is 4.39 Å². The first-order valence-electron chi connectivity index (χ1n) is 7.67. The Kier molecular flexibility index (Phi) is 4.69. The Morgan fingerprint density at radius 3 is 2.65 bits per heavy atom. The van der Waals surface area contributed by atoms with Crippen LogP contribution >= 0.6 is 0 Å². The van der Waals surface area contributed by atoms with Crippen LogP contribution in [0.4, 0.5) is 10.1 Å². The van der Waals surface area contributed by atoms with Gasteiger partial charge in [-0.1, -0.05) is 19.9 Å². The van der Waals surface area contributed by atoms with E-state index in [1.807, 2.05) is 12.1 Å². The summed E-state index contributed by atoms with van der Waals surface area (Å²) in [6.45, 7) is 11.4. The molecule has 0 aromatic heterocycles. The molecule has 0 saturated carbocycles. The van der Waals surface area contributed by atoms with E-state index in [0.717, 1.165) is 43.7 Å². The van der Waals surface area contributed by atoms with Crippen LogP contribution in [0.5, 0.6) is 0 Å². The van der Waals surface area contributed by atoms with Crippen molar-refractivity contribution in [1.29, 1.82) is 0 Å². The van der Waals surface area contributed by atoms with E-state index in [-0.39, 0.29) is 11.4 Å². The van der Waals surface area contributed by atoms with Gasteiger partial charge in [-0.15, -0.1) is 0 Å². The average Bonchev–Trinajstić information content (AvgIpc) is 2.69. The van der Waals surface area contributed by atoms with Crippen LogP contribution < -0.4 is 10.2 Å². The number of halogens is 1. The molecule has 1 saturated heterocycles. The summed E-state index contributed by atoms with van der Waals surface area (Å²) in [6, 6.07) is 5.66. The Balaban J connectivity index is 2.06. The maximum atomic E-state index is 14.4. The van der Waals surface area contributed by atoms with Gasteiger partial charge in [-0.05, 0) is 56.8 Å². The van der Waals surface area contributed by atoms with E-state index in [9.17, 15) is 4.39 Å². The molecule has 20 heavy (non-hydrogen) atoms. The van der Waals surface area contributed by atoms with Gasteiger partial charge in [-0.2, -0.15) is 0 Å². The Bertz CT molecular complexity index is 454. The summed E-state index contributed by atoms with van der Waals surface area (Å²) in [7, 11) is 0. The molecule has 112 valence electrons. The van der Waals surface area contributed by atoms with Gasteiger partial charge in [0.15, 0.2) is 0 Å². The maximum Gasteiger partial charge on any atom is 0.146 e. The van der Waals surface area contributed by atoms with E-state index in [0.29, 0.717) is 5.92 Å². The van der Waals surface area contributed by atoms with Crippen molar-refractivity contribution in [3.05, 3.63) is 29.6 Å². The molecular weight excluding hydrogens is 251 g/mol. The van der Waals surface area contributed by atoms with Crippen LogP contribution in [0, 0.1) is 11.7 Å². The van der Waals surface area contributed by atoms with Crippen molar-refractivity contribution in [3.63, 3.8) is 0 Å². The van der Waals surface area contributed by atoms with Crippen LogP contribution in [0.25, 0.3) is 0 Å². The van der Waals surface area contributed by atoms with Crippen molar-refractivity contribution in [1.82, 2.24) is 5.32 Å². The highest BCUT2D eigenvalue weighted by molar-refractivity contribution is 5.52. The van der Waals surface area contributed by atoms with Crippen LogP contribution in [-0.4, -0.2) is 18.6 Å². The van der Waals surface area contributed by atoms with E-state index in [4.69, 9.17) is 0 Å². The Morgan fingerprint density at radius 1 is 1.35 bits per heavy atom. The Morgan fingerprint density at radius 2 is 2.10 bits per heavy atom. The molecule has 0 unspecified atom stereocenters. The molecule has 0 amide bonds. The fourth-order valence-corrected chi connectivity index (χ4v) is 2.94. The van der Waals surface area contributed by atoms with Crippen LogP contribution in [-0.2, 0) is 6.54 Å². The summed E-state index contributed by atoms with van der Waals surface area (Å²) < 4.78 is 14.4. The molecule has 1 aliphatic rings. The van der Waals surface area contributed by atoms with Gasteiger partial charge in [-0.25, -0.2) is 4.39 Å². The molecule has 1 aromatic rings. The quantitative estimate of drug-likeness (QED) is 0.877. The molecule has 1 aliphatic heterocycles. The zero-order chi connectivity index (χ0) is 14.8. The van der Waals surface area contributed by atoms with E-state index >= 15 is 0 Å². The molecule has 1 N–H and O–H groups in total. The Hall–Kier alpha value is -1.09. The zero-order valence-electron chi connectivity index (χ0n) is 13.2. The summed E-state index contributed by atoms with van der Waals surface area (Å²) in [6.07, 6.45) is 2.27. The van der Waals surface area contributed by atoms with E-state index < -0.39 is 0 Å². The third kappa shape index (κ3) is 3.51. The lowest BCUT2D eigenvalue weighted by molar-refractivity contribution is 0.506. The molecule has 0 aliphatic carbocycles. The first-order valence-corrected chi connectivity index (χ1v) is 7.67. The molecular formula is C17H27FN2. The van der Waals surface area contributed by atoms with Crippen molar-refractivity contribution in [2.75, 3.05) is 18.0 Å². The van der Waals surface area contributed by atoms with Gasteiger partial charge >= 0.3 is 0 Å². The topological polar surface area (TPSA) is 15.3 Å². The molecule has 0 atom stereocenters. The van der Waals surface area contributed by atoms with E-state index in [1.165, 1.54) is 0 Å². The average molecular weight is 278 g/mol. The van der Waals surface area contributed by atoms with Gasteiger partial charge in [0.1, 0.15) is 5.82 Å². The summed E-state index contributed by atoms with van der Waals surface area (Å²) in [4.78, 5) is 2.20. The van der Waals surface area contributed by atoms with Gasteiger partial charge in [0.25, 0.3) is 0 Å². The molecule has 1 aromatic carbocycles. The molecule has 1 heterocycles. The van der Waals surface area contributed by atoms with E-state index in [2.05, 4.69) is 37.9 Å². The van der Waals surface area contributed by atoms with Crippen molar-refractivity contribution >= 4 is 5.69 Å². The second-order valence-electron chi connectivity index (χ2n) is 6.88. The third-order valence-corrected chi connectivity index (χ3v) is 4.09. The summed E-state index contributed by atoms with van der Waals surface area (Å²) in [5, 5.41) is 3.35. The number of rotatable bonds is 5. The minimum absolute atomic E-state index is 0.0677. The van der Waals surface area contributed by atoms with Gasteiger partial charge in [0.2, 0.25) is 0 Å². The SMILES string of the molecule is CC(C)CNCc1ccc(N2CCCC2(C)C)c(F)c1. The largest absolute Gasteiger partial charge is 0.364 e. The van der Waals surface area contributed by atoms with Gasteiger partial charge < -0.3 is 10.2 Å². The van der Waals surface area contributed by atoms with Gasteiger partial charge in [0, 0.05) is 18.6 Å². The van der Waals surface area contributed by atoms with Crippen LogP contribution in [0.15, 0.2) is 18.2 Å². The second kappa shape index (κ2) is 6.13. The fraction of sp³-hybridized carbons (Fsp3) is 0.647. The van der Waals surface area contributed by atoms with Crippen molar-refractivity contribution in [2.45, 2.75) is 52.6 Å². The highest BCUT2D eigenvalue weighted by Gasteiger charge is 2.33. The van der Waals surface area contributed by atoms with Crippen molar-refractivity contribution in [3.8, 4) is 0 Å². The molecule has 0 bridgehead atoms. The molecule has 0 spiro atoms. The standard InChI is InChI=1S/C17H27FN2/c1-13(2)11-19-12-14-6-7-16(15(18)10-14)20-9-5-8-17(20,3)4/h6-7,10,13,19H,5,8-9,11-12H2,1-4H3. The second-order valence-corrected chi connectivity index (χ2v) is 6.88. The van der Waals surface area contributed by atoms with Gasteiger partial charge in [-0.3, -0.25) is 0 Å². The predicted octanol–water partition coefficient (Wildman–Crippen LogP) is 3.95. The minimum atomic E-state index is -0.0937. The highest BCUT2D eigenvalue weighted by Crippen LogP contribution is 2.35. The number of hydrogen-bond acceptors (Lipinski definition) is 2. The van der Waals surface area contributed by atoms with E-state index in [1.54, 1.807) is 6.07 Å². The normalized spacial score (nSPS) is 18.0. The number of nitrogens with zero attached hydrogens (tertiary/aromatic N) is 1. The fourth-order valence-electron chi connectivity index (χ4n) is 2.94. The number of benzene rings is 1. The molecule has 3 heteroatoms. The lowest BCUT2D eigenvalue weighted by Gasteiger charge is -2.34. The smallest absolute Gasteiger partial charge is 0.146 e. The van der Waals surface area contributed by atoms with Crippen LogP contribution in [0.2, 0.25) is 0 Å². The lowest BCUT2D eigenvalue weighted by atomic mass is 10.0.